The molecule has 0 saturated carbocycles. The van der Waals surface area contributed by atoms with Gasteiger partial charge in [0.25, 0.3) is 16.8 Å². The second-order valence-corrected chi connectivity index (χ2v) is 13.9. The van der Waals surface area contributed by atoms with Gasteiger partial charge in [-0.3, -0.25) is 19.2 Å². The van der Waals surface area contributed by atoms with Crippen molar-refractivity contribution in [3.05, 3.63) is 24.3 Å². The van der Waals surface area contributed by atoms with Crippen molar-refractivity contribution < 1.29 is 28.7 Å². The van der Waals surface area contributed by atoms with E-state index in [0.717, 1.165) is 51.4 Å². The number of carbonyl (C=O) groups excluding carboxylic acids is 5. The number of halogens is 1. The zero-order valence-electron chi connectivity index (χ0n) is 27.6. The first-order valence-electron chi connectivity index (χ1n) is 16.1. The van der Waals surface area contributed by atoms with E-state index < -0.39 is 39.7 Å². The molecule has 1 saturated heterocycles. The van der Waals surface area contributed by atoms with Crippen LogP contribution in [0, 0.1) is 11.3 Å². The van der Waals surface area contributed by atoms with E-state index in [1.807, 2.05) is 0 Å². The Hall–Kier alpha value is -2.94. The molecular formula is C34H52ClN3O6. The van der Waals surface area contributed by atoms with Crippen LogP contribution in [0.2, 0.25) is 0 Å². The molecule has 0 aromatic heterocycles. The highest BCUT2D eigenvalue weighted by Crippen LogP contribution is 2.39. The molecule has 9 nitrogen and oxygen atoms in total. The van der Waals surface area contributed by atoms with Gasteiger partial charge in [-0.2, -0.15) is 0 Å². The van der Waals surface area contributed by atoms with E-state index in [9.17, 15) is 24.0 Å². The van der Waals surface area contributed by atoms with E-state index in [2.05, 4.69) is 24.5 Å². The number of imide groups is 1. The molecule has 44 heavy (non-hydrogen) atoms. The number of cyclic esters (lactones) is 1. The number of benzene rings is 1. The van der Waals surface area contributed by atoms with Crippen LogP contribution in [-0.2, 0) is 23.9 Å². The van der Waals surface area contributed by atoms with Crippen molar-refractivity contribution in [3.63, 3.8) is 0 Å². The molecule has 246 valence electrons. The second-order valence-electron chi connectivity index (χ2n) is 13.3. The number of anilines is 2. The largest absolute Gasteiger partial charge is 0.433 e. The van der Waals surface area contributed by atoms with Crippen LogP contribution in [-0.4, -0.2) is 45.1 Å². The van der Waals surface area contributed by atoms with Crippen molar-refractivity contribution in [1.82, 2.24) is 4.90 Å². The molecule has 2 atom stereocenters. The minimum atomic E-state index is -2.69. The van der Waals surface area contributed by atoms with E-state index in [0.29, 0.717) is 10.6 Å². The van der Waals surface area contributed by atoms with Crippen molar-refractivity contribution in [2.24, 2.45) is 11.3 Å². The van der Waals surface area contributed by atoms with Gasteiger partial charge in [0.15, 0.2) is 11.4 Å². The smallest absolute Gasteiger partial charge is 0.420 e. The van der Waals surface area contributed by atoms with Gasteiger partial charge in [-0.1, -0.05) is 116 Å². The molecule has 10 heteroatoms. The van der Waals surface area contributed by atoms with Crippen LogP contribution in [0.1, 0.15) is 126 Å². The molecule has 4 amide bonds. The van der Waals surface area contributed by atoms with E-state index in [4.69, 9.17) is 16.3 Å². The van der Waals surface area contributed by atoms with Crippen molar-refractivity contribution >= 4 is 52.6 Å². The summed E-state index contributed by atoms with van der Waals surface area (Å²) in [5.74, 6) is -3.02. The number of Topliss-reactive ketones (excluding diaryl/α,β-unsaturated/α-hetero) is 1. The summed E-state index contributed by atoms with van der Waals surface area (Å²) in [5.41, 5.74) is -2.09. The molecule has 0 aliphatic carbocycles. The number of hydrogen-bond acceptors (Lipinski definition) is 6. The number of unbranched alkanes of at least 4 members (excludes halogenated alkanes) is 8. The summed E-state index contributed by atoms with van der Waals surface area (Å²) in [5, 5.41) is 5.58. The molecule has 2 unspecified atom stereocenters. The first-order chi connectivity index (χ1) is 20.6. The summed E-state index contributed by atoms with van der Waals surface area (Å²) < 4.78 is 5.14. The molecule has 0 spiro atoms. The van der Waals surface area contributed by atoms with E-state index in [1.165, 1.54) is 60.3 Å². The standard InChI is InChI=1S/C34H52ClN3O6/c1-8-10-12-14-15-17-20-24(19-16-13-11-9-2)27(39)36-25-21-18-22-26(23-25)37-29(41)34(35,28(40)32(3,4)5)38-30(42)33(6,7)44-31(38)43/h18,21-24H,8-17,19-20H2,1-7H3,(H,36,39)(H,37,41). The van der Waals surface area contributed by atoms with Gasteiger partial charge in [-0.25, -0.2) is 9.69 Å². The number of hydrogen-bond donors (Lipinski definition) is 2. The summed E-state index contributed by atoms with van der Waals surface area (Å²) in [6.07, 6.45) is 11.8. The fourth-order valence-electron chi connectivity index (χ4n) is 5.26. The molecule has 1 aliphatic rings. The monoisotopic (exact) mass is 633 g/mol. The summed E-state index contributed by atoms with van der Waals surface area (Å²) in [7, 11) is 0. The molecule has 0 bridgehead atoms. The van der Waals surface area contributed by atoms with Crippen LogP contribution in [0.5, 0.6) is 0 Å². The lowest BCUT2D eigenvalue weighted by Crippen LogP contribution is -2.63. The molecule has 1 heterocycles. The lowest BCUT2D eigenvalue weighted by atomic mass is 9.84. The number of nitrogens with one attached hydrogen (secondary N) is 2. The highest BCUT2D eigenvalue weighted by atomic mass is 35.5. The fourth-order valence-corrected chi connectivity index (χ4v) is 5.73. The zero-order chi connectivity index (χ0) is 33.1. The Labute approximate surface area is 268 Å². The summed E-state index contributed by atoms with van der Waals surface area (Å²) in [6, 6.07) is 6.49. The lowest BCUT2D eigenvalue weighted by molar-refractivity contribution is -0.148. The van der Waals surface area contributed by atoms with Gasteiger partial charge in [-0.15, -0.1) is 0 Å². The average molecular weight is 634 g/mol. The average Bonchev–Trinajstić information content (AvgIpc) is 3.16. The van der Waals surface area contributed by atoms with Crippen molar-refractivity contribution in [1.29, 1.82) is 0 Å². The Balaban J connectivity index is 2.23. The Morgan fingerprint density at radius 2 is 1.36 bits per heavy atom. The molecule has 1 aliphatic heterocycles. The van der Waals surface area contributed by atoms with Crippen molar-refractivity contribution in [3.8, 4) is 0 Å². The van der Waals surface area contributed by atoms with E-state index in [1.54, 1.807) is 24.3 Å². The fraction of sp³-hybridized carbons (Fsp3) is 0.676. The molecule has 1 aromatic carbocycles. The number of ether oxygens (including phenoxy) is 1. The third kappa shape index (κ3) is 9.78. The highest BCUT2D eigenvalue weighted by molar-refractivity contribution is 6.50. The maximum Gasteiger partial charge on any atom is 0.420 e. The number of nitrogens with zero attached hydrogens (tertiary/aromatic N) is 1. The Kier molecular flexibility index (Phi) is 13.9. The van der Waals surface area contributed by atoms with Gasteiger partial charge < -0.3 is 15.4 Å². The maximum atomic E-state index is 13.7. The minimum Gasteiger partial charge on any atom is -0.433 e. The molecule has 0 radical (unpaired) electrons. The van der Waals surface area contributed by atoms with Gasteiger partial charge in [0, 0.05) is 22.7 Å². The van der Waals surface area contributed by atoms with Gasteiger partial charge in [0.05, 0.1) is 0 Å². The van der Waals surface area contributed by atoms with Crippen LogP contribution in [0.15, 0.2) is 24.3 Å². The maximum absolute atomic E-state index is 13.7. The normalized spacial score (nSPS) is 16.7. The van der Waals surface area contributed by atoms with E-state index in [-0.39, 0.29) is 17.5 Å². The summed E-state index contributed by atoms with van der Waals surface area (Å²) >= 11 is 6.70. The first-order valence-corrected chi connectivity index (χ1v) is 16.5. The van der Waals surface area contributed by atoms with Crippen LogP contribution in [0.3, 0.4) is 0 Å². The molecular weight excluding hydrogens is 582 g/mol. The first kappa shape index (κ1) is 37.2. The Morgan fingerprint density at radius 3 is 1.86 bits per heavy atom. The number of rotatable bonds is 18. The summed E-state index contributed by atoms with van der Waals surface area (Å²) in [6.45, 7) is 11.7. The minimum absolute atomic E-state index is 0.0687. The summed E-state index contributed by atoms with van der Waals surface area (Å²) in [4.78, 5) is 64.1. The zero-order valence-corrected chi connectivity index (χ0v) is 28.4. The molecule has 2 N–H and O–H groups in total. The van der Waals surface area contributed by atoms with Crippen LogP contribution in [0.25, 0.3) is 0 Å². The predicted octanol–water partition coefficient (Wildman–Crippen LogP) is 8.21. The molecule has 1 aromatic rings. The topological polar surface area (TPSA) is 122 Å². The molecule has 2 rings (SSSR count). The van der Waals surface area contributed by atoms with E-state index >= 15 is 0 Å². The van der Waals surface area contributed by atoms with Gasteiger partial charge in [0.2, 0.25) is 5.91 Å². The molecule has 1 fully saturated rings. The SMILES string of the molecule is CCCCCCCCC(CCCCCC)C(=O)Nc1cccc(NC(=O)C(Cl)(C(=O)C(C)(C)C)N2C(=O)OC(C)(C)C2=O)c1. The van der Waals surface area contributed by atoms with Crippen LogP contribution in [0.4, 0.5) is 16.2 Å². The quantitative estimate of drug-likeness (QED) is 0.0727. The number of amides is 4. The van der Waals surface area contributed by atoms with Crippen molar-refractivity contribution in [2.75, 3.05) is 10.6 Å². The van der Waals surface area contributed by atoms with Crippen molar-refractivity contribution in [2.45, 2.75) is 136 Å². The highest BCUT2D eigenvalue weighted by Gasteiger charge is 2.63. The third-order valence-electron chi connectivity index (χ3n) is 7.91. The van der Waals surface area contributed by atoms with Gasteiger partial charge >= 0.3 is 6.09 Å². The van der Waals surface area contributed by atoms with Gasteiger partial charge in [-0.05, 0) is 44.9 Å². The third-order valence-corrected chi connectivity index (χ3v) is 8.42. The number of ketones is 1. The Morgan fingerprint density at radius 1 is 0.864 bits per heavy atom. The Bertz CT molecular complexity index is 1180. The predicted molar refractivity (Wildman–Crippen MR) is 174 cm³/mol. The number of alkyl halides is 1. The van der Waals surface area contributed by atoms with Crippen LogP contribution < -0.4 is 10.6 Å². The number of carbonyl (C=O) groups is 5. The van der Waals surface area contributed by atoms with Gasteiger partial charge in [0.1, 0.15) is 0 Å². The second kappa shape index (κ2) is 16.4. The lowest BCUT2D eigenvalue weighted by Gasteiger charge is -2.35. The van der Waals surface area contributed by atoms with Crippen LogP contribution >= 0.6 is 11.6 Å².